The molecular weight excluding hydrogens is 374 g/mol. The van der Waals surface area contributed by atoms with Gasteiger partial charge >= 0.3 is 0 Å². The summed E-state index contributed by atoms with van der Waals surface area (Å²) in [4.78, 5) is 4.07. The fourth-order valence-electron chi connectivity index (χ4n) is 3.84. The van der Waals surface area contributed by atoms with E-state index in [4.69, 9.17) is 4.74 Å². The van der Waals surface area contributed by atoms with Gasteiger partial charge < -0.3 is 15.4 Å². The zero-order chi connectivity index (χ0) is 20.3. The second kappa shape index (κ2) is 8.00. The maximum absolute atomic E-state index is 6.04. The average molecular weight is 397 g/mol. The summed E-state index contributed by atoms with van der Waals surface area (Å²) in [6.45, 7) is 2.58. The smallest absolute Gasteiger partial charge is 0.147 e. The number of dihydropyridines is 1. The number of ether oxygens (including phenoxy) is 1. The van der Waals surface area contributed by atoms with E-state index < -0.39 is 0 Å². The van der Waals surface area contributed by atoms with E-state index in [1.165, 1.54) is 16.7 Å². The van der Waals surface area contributed by atoms with Crippen molar-refractivity contribution in [1.82, 2.24) is 20.5 Å². The van der Waals surface area contributed by atoms with Gasteiger partial charge in [0.25, 0.3) is 0 Å². The normalized spacial score (nSPS) is 19.9. The number of para-hydroxylation sites is 1. The van der Waals surface area contributed by atoms with Gasteiger partial charge in [-0.3, -0.25) is 10.1 Å². The average Bonchev–Trinajstić information content (AvgIpc) is 3.27. The van der Waals surface area contributed by atoms with Crippen LogP contribution in [0.4, 0.5) is 5.69 Å². The van der Waals surface area contributed by atoms with Gasteiger partial charge in [0.15, 0.2) is 0 Å². The van der Waals surface area contributed by atoms with Crippen molar-refractivity contribution < 1.29 is 4.74 Å². The van der Waals surface area contributed by atoms with Crippen molar-refractivity contribution >= 4 is 11.8 Å². The molecule has 0 fully saturated rings. The number of anilines is 1. The summed E-state index contributed by atoms with van der Waals surface area (Å²) >= 11 is 0. The number of benzene rings is 1. The van der Waals surface area contributed by atoms with Crippen LogP contribution in [0.1, 0.15) is 18.2 Å². The van der Waals surface area contributed by atoms with Crippen LogP contribution in [0.25, 0.3) is 17.2 Å². The van der Waals surface area contributed by atoms with Crippen molar-refractivity contribution in [2.45, 2.75) is 25.8 Å². The highest BCUT2D eigenvalue weighted by Crippen LogP contribution is 2.30. The molecular formula is C24H23N5O. The van der Waals surface area contributed by atoms with Gasteiger partial charge in [-0.2, -0.15) is 5.10 Å². The number of fused-ring (bicyclic) bond motifs is 1. The van der Waals surface area contributed by atoms with Crippen LogP contribution in [0.3, 0.4) is 0 Å². The quantitative estimate of drug-likeness (QED) is 0.600. The Morgan fingerprint density at radius 1 is 1.10 bits per heavy atom. The minimum atomic E-state index is -0.192. The molecule has 150 valence electrons. The van der Waals surface area contributed by atoms with Crippen LogP contribution < -0.4 is 10.6 Å². The molecule has 0 aliphatic carbocycles. The number of rotatable bonds is 5. The number of hydrogen-bond acceptors (Lipinski definition) is 5. The molecule has 4 heterocycles. The SMILES string of the molecule is CC1=Cc2ccccc2NC1C1=CNC(OCc2[nH]ncc2-c2ccncc2)C=C1. The molecule has 30 heavy (non-hydrogen) atoms. The Labute approximate surface area is 175 Å². The zero-order valence-corrected chi connectivity index (χ0v) is 16.7. The van der Waals surface area contributed by atoms with Gasteiger partial charge in [-0.25, -0.2) is 0 Å². The van der Waals surface area contributed by atoms with Crippen LogP contribution >= 0.6 is 0 Å². The van der Waals surface area contributed by atoms with E-state index >= 15 is 0 Å². The van der Waals surface area contributed by atoms with Crippen molar-refractivity contribution in [3.8, 4) is 11.1 Å². The number of nitrogens with one attached hydrogen (secondary N) is 3. The number of nitrogens with zero attached hydrogens (tertiary/aromatic N) is 2. The van der Waals surface area contributed by atoms with Crippen LogP contribution in [0.5, 0.6) is 0 Å². The molecule has 2 unspecified atom stereocenters. The minimum Gasteiger partial charge on any atom is -0.374 e. The molecule has 3 N–H and O–H groups in total. The van der Waals surface area contributed by atoms with Crippen LogP contribution in [0, 0.1) is 0 Å². The third kappa shape index (κ3) is 3.65. The molecule has 0 radical (unpaired) electrons. The lowest BCUT2D eigenvalue weighted by molar-refractivity contribution is 0.0560. The van der Waals surface area contributed by atoms with Gasteiger partial charge in [-0.05, 0) is 53.5 Å². The highest BCUT2D eigenvalue weighted by Gasteiger charge is 2.22. The second-order valence-electron chi connectivity index (χ2n) is 7.45. The maximum Gasteiger partial charge on any atom is 0.147 e. The molecule has 0 amide bonds. The van der Waals surface area contributed by atoms with E-state index in [-0.39, 0.29) is 12.3 Å². The third-order valence-corrected chi connectivity index (χ3v) is 5.43. The van der Waals surface area contributed by atoms with E-state index in [1.807, 2.05) is 30.6 Å². The number of aromatic nitrogens is 3. The van der Waals surface area contributed by atoms with E-state index in [9.17, 15) is 0 Å². The third-order valence-electron chi connectivity index (χ3n) is 5.43. The molecule has 2 aliphatic rings. The molecule has 0 spiro atoms. The molecule has 2 aliphatic heterocycles. The highest BCUT2D eigenvalue weighted by molar-refractivity contribution is 5.74. The Hall–Kier alpha value is -3.64. The van der Waals surface area contributed by atoms with E-state index in [2.05, 4.69) is 69.2 Å². The van der Waals surface area contributed by atoms with Crippen molar-refractivity contribution in [2.24, 2.45) is 0 Å². The number of pyridine rings is 1. The Kier molecular flexibility index (Phi) is 4.91. The minimum absolute atomic E-state index is 0.149. The number of H-pyrrole nitrogens is 1. The molecule has 1 aromatic carbocycles. The van der Waals surface area contributed by atoms with E-state index in [0.717, 1.165) is 22.5 Å². The molecule has 3 aromatic rings. The molecule has 6 nitrogen and oxygen atoms in total. The Bertz CT molecular complexity index is 1130. The van der Waals surface area contributed by atoms with Crippen LogP contribution in [0.15, 0.2) is 84.5 Å². The van der Waals surface area contributed by atoms with Crippen LogP contribution in [0.2, 0.25) is 0 Å². The summed E-state index contributed by atoms with van der Waals surface area (Å²) in [6, 6.07) is 12.4. The summed E-state index contributed by atoms with van der Waals surface area (Å²) in [5.41, 5.74) is 7.88. The molecule has 2 atom stereocenters. The summed E-state index contributed by atoms with van der Waals surface area (Å²) in [5.74, 6) is 0. The topological polar surface area (TPSA) is 74.9 Å². The summed E-state index contributed by atoms with van der Waals surface area (Å²) < 4.78 is 6.04. The van der Waals surface area contributed by atoms with E-state index in [1.54, 1.807) is 12.4 Å². The van der Waals surface area contributed by atoms with Crippen LogP contribution in [-0.2, 0) is 11.3 Å². The number of hydrogen-bond donors (Lipinski definition) is 3. The summed E-state index contributed by atoms with van der Waals surface area (Å²) in [5, 5.41) is 14.2. The first-order chi connectivity index (χ1) is 14.8. The van der Waals surface area contributed by atoms with Crippen molar-refractivity contribution in [3.63, 3.8) is 0 Å². The van der Waals surface area contributed by atoms with Crippen molar-refractivity contribution in [3.05, 3.63) is 95.7 Å². The lowest BCUT2D eigenvalue weighted by Crippen LogP contribution is -2.33. The van der Waals surface area contributed by atoms with Gasteiger partial charge in [0.1, 0.15) is 6.23 Å². The summed E-state index contributed by atoms with van der Waals surface area (Å²) in [7, 11) is 0. The Balaban J connectivity index is 1.22. The fourth-order valence-corrected chi connectivity index (χ4v) is 3.84. The predicted molar refractivity (Wildman–Crippen MR) is 118 cm³/mol. The lowest BCUT2D eigenvalue weighted by Gasteiger charge is -2.30. The maximum atomic E-state index is 6.04. The monoisotopic (exact) mass is 397 g/mol. The molecule has 0 saturated heterocycles. The van der Waals surface area contributed by atoms with Gasteiger partial charge in [0, 0.05) is 29.8 Å². The van der Waals surface area contributed by atoms with Gasteiger partial charge in [-0.15, -0.1) is 0 Å². The molecule has 0 bridgehead atoms. The first-order valence-corrected chi connectivity index (χ1v) is 10.0. The number of aromatic amines is 1. The Morgan fingerprint density at radius 2 is 1.97 bits per heavy atom. The highest BCUT2D eigenvalue weighted by atomic mass is 16.5. The van der Waals surface area contributed by atoms with Crippen molar-refractivity contribution in [1.29, 1.82) is 0 Å². The van der Waals surface area contributed by atoms with Gasteiger partial charge in [0.2, 0.25) is 0 Å². The van der Waals surface area contributed by atoms with Gasteiger partial charge in [0.05, 0.1) is 24.5 Å². The zero-order valence-electron chi connectivity index (χ0n) is 16.7. The van der Waals surface area contributed by atoms with Crippen LogP contribution in [-0.4, -0.2) is 27.5 Å². The lowest BCUT2D eigenvalue weighted by atomic mass is 9.92. The first-order valence-electron chi connectivity index (χ1n) is 10.0. The first kappa shape index (κ1) is 18.4. The predicted octanol–water partition coefficient (Wildman–Crippen LogP) is 4.26. The summed E-state index contributed by atoms with van der Waals surface area (Å²) in [6.07, 6.45) is 13.6. The van der Waals surface area contributed by atoms with E-state index in [0.29, 0.717) is 6.61 Å². The standard InChI is InChI=1S/C24H23N5O/c1-16-12-18-4-2-3-5-21(18)28-24(16)19-6-7-23(26-13-19)30-15-22-20(14-27-29-22)17-8-10-25-11-9-17/h2-14,23-24,26,28H,15H2,1H3,(H,27,29). The Morgan fingerprint density at radius 3 is 2.80 bits per heavy atom. The molecule has 6 heteroatoms. The van der Waals surface area contributed by atoms with Crippen molar-refractivity contribution in [2.75, 3.05) is 5.32 Å². The molecule has 2 aromatic heterocycles. The largest absolute Gasteiger partial charge is 0.374 e. The van der Waals surface area contributed by atoms with Gasteiger partial charge in [-0.1, -0.05) is 30.4 Å². The molecule has 0 saturated carbocycles. The second-order valence-corrected chi connectivity index (χ2v) is 7.45. The fraction of sp³-hybridized carbons (Fsp3) is 0.167. The molecule has 5 rings (SSSR count).